The second-order valence-corrected chi connectivity index (χ2v) is 5.33. The van der Waals surface area contributed by atoms with Crippen LogP contribution in [0.1, 0.15) is 55.1 Å². The summed E-state index contributed by atoms with van der Waals surface area (Å²) in [6, 6.07) is 0.295. The summed E-state index contributed by atoms with van der Waals surface area (Å²) < 4.78 is 10.8. The Morgan fingerprint density at radius 2 is 2.14 bits per heavy atom. The van der Waals surface area contributed by atoms with Crippen LogP contribution in [0, 0.1) is 6.92 Å². The molecule has 1 heterocycles. The van der Waals surface area contributed by atoms with Crippen molar-refractivity contribution in [2.45, 2.75) is 58.1 Å². The zero-order valence-corrected chi connectivity index (χ0v) is 12.7. The molecular weight excluding hydrogens is 270 g/mol. The maximum atomic E-state index is 11.7. The van der Waals surface area contributed by atoms with E-state index in [1.807, 2.05) is 0 Å². The van der Waals surface area contributed by atoms with Gasteiger partial charge in [0.25, 0.3) is 0 Å². The highest BCUT2D eigenvalue weighted by Crippen LogP contribution is 2.21. The van der Waals surface area contributed by atoms with Gasteiger partial charge in [-0.1, -0.05) is 12.8 Å². The zero-order valence-electron chi connectivity index (χ0n) is 12.7. The van der Waals surface area contributed by atoms with E-state index >= 15 is 0 Å². The van der Waals surface area contributed by atoms with E-state index in [9.17, 15) is 4.79 Å². The summed E-state index contributed by atoms with van der Waals surface area (Å²) in [7, 11) is 0. The van der Waals surface area contributed by atoms with Gasteiger partial charge in [0.15, 0.2) is 0 Å². The van der Waals surface area contributed by atoms with Crippen molar-refractivity contribution in [2.24, 2.45) is 5.73 Å². The highest BCUT2D eigenvalue weighted by atomic mass is 16.5. The Morgan fingerprint density at radius 3 is 2.86 bits per heavy atom. The summed E-state index contributed by atoms with van der Waals surface area (Å²) in [5.41, 5.74) is 7.05. The third-order valence-electron chi connectivity index (χ3n) is 3.71. The summed E-state index contributed by atoms with van der Waals surface area (Å²) >= 11 is 0. The number of hydrogen-bond acceptors (Lipinski definition) is 6. The van der Waals surface area contributed by atoms with Gasteiger partial charge in [0.1, 0.15) is 6.10 Å². The average molecular weight is 293 g/mol. The lowest BCUT2D eigenvalue weighted by molar-refractivity contribution is 0.0524. The van der Waals surface area contributed by atoms with Crippen molar-refractivity contribution in [3.8, 4) is 6.01 Å². The molecule has 0 aliphatic heterocycles. The number of rotatable bonds is 4. The smallest absolute Gasteiger partial charge is 0.341 e. The Kier molecular flexibility index (Phi) is 5.50. The maximum absolute atomic E-state index is 11.7. The van der Waals surface area contributed by atoms with E-state index in [1.165, 1.54) is 12.6 Å². The predicted octanol–water partition coefficient (Wildman–Crippen LogP) is 2.00. The normalized spacial score (nSPS) is 22.4. The molecule has 1 aliphatic carbocycles. The molecule has 0 aromatic carbocycles. The van der Waals surface area contributed by atoms with E-state index in [-0.39, 0.29) is 18.2 Å². The van der Waals surface area contributed by atoms with Crippen LogP contribution in [-0.2, 0) is 4.74 Å². The first-order valence-corrected chi connectivity index (χ1v) is 7.54. The number of carbonyl (C=O) groups excluding carboxylic acids is 1. The molecule has 2 unspecified atom stereocenters. The van der Waals surface area contributed by atoms with Crippen molar-refractivity contribution >= 4 is 5.97 Å². The van der Waals surface area contributed by atoms with E-state index < -0.39 is 5.97 Å². The second kappa shape index (κ2) is 7.36. The number of hydrogen-bond donors (Lipinski definition) is 1. The molecule has 0 spiro atoms. The predicted molar refractivity (Wildman–Crippen MR) is 78.2 cm³/mol. The van der Waals surface area contributed by atoms with E-state index in [0.29, 0.717) is 17.9 Å². The zero-order chi connectivity index (χ0) is 15.2. The first-order chi connectivity index (χ1) is 10.1. The van der Waals surface area contributed by atoms with Gasteiger partial charge < -0.3 is 15.2 Å². The molecular formula is C15H23N3O3. The van der Waals surface area contributed by atoms with Gasteiger partial charge in [0, 0.05) is 12.2 Å². The van der Waals surface area contributed by atoms with Crippen molar-refractivity contribution in [1.29, 1.82) is 0 Å². The fourth-order valence-corrected chi connectivity index (χ4v) is 2.50. The summed E-state index contributed by atoms with van der Waals surface area (Å²) in [5, 5.41) is 0. The Balaban J connectivity index is 2.07. The number of carbonyl (C=O) groups is 1. The van der Waals surface area contributed by atoms with Crippen molar-refractivity contribution in [1.82, 2.24) is 9.97 Å². The first kappa shape index (κ1) is 15.7. The number of ether oxygens (including phenoxy) is 2. The standard InChI is InChI=1S/C15H23N3O3/c1-3-20-14(19)11-9-17-15(18-10(11)2)21-13-8-6-4-5-7-12(13)16/h9,12-13H,3-8,16H2,1-2H3. The van der Waals surface area contributed by atoms with Gasteiger partial charge in [0.05, 0.1) is 17.9 Å². The molecule has 1 saturated carbocycles. The van der Waals surface area contributed by atoms with Crippen LogP contribution < -0.4 is 10.5 Å². The number of nitrogens with two attached hydrogens (primary N) is 1. The summed E-state index contributed by atoms with van der Waals surface area (Å²) in [5.74, 6) is -0.410. The molecule has 1 aromatic rings. The van der Waals surface area contributed by atoms with E-state index in [0.717, 1.165) is 25.7 Å². The minimum atomic E-state index is -0.410. The van der Waals surface area contributed by atoms with Crippen molar-refractivity contribution in [2.75, 3.05) is 6.61 Å². The Bertz CT molecular complexity index is 493. The lowest BCUT2D eigenvalue weighted by Gasteiger charge is -2.21. The summed E-state index contributed by atoms with van der Waals surface area (Å²) in [6.45, 7) is 3.83. The molecule has 6 nitrogen and oxygen atoms in total. The SMILES string of the molecule is CCOC(=O)c1cnc(OC2CCCCCC2N)nc1C. The molecule has 1 aromatic heterocycles. The molecule has 0 saturated heterocycles. The average Bonchev–Trinajstić information content (AvgIpc) is 2.64. The van der Waals surface area contributed by atoms with Crippen LogP contribution in [0.5, 0.6) is 6.01 Å². The number of esters is 1. The van der Waals surface area contributed by atoms with Crippen LogP contribution >= 0.6 is 0 Å². The fourth-order valence-electron chi connectivity index (χ4n) is 2.50. The molecule has 2 atom stereocenters. The van der Waals surface area contributed by atoms with Crippen LogP contribution in [0.25, 0.3) is 0 Å². The van der Waals surface area contributed by atoms with Crippen molar-refractivity contribution in [3.63, 3.8) is 0 Å². The number of aromatic nitrogens is 2. The monoisotopic (exact) mass is 293 g/mol. The molecule has 1 fully saturated rings. The highest BCUT2D eigenvalue weighted by molar-refractivity contribution is 5.90. The quantitative estimate of drug-likeness (QED) is 0.675. The van der Waals surface area contributed by atoms with Gasteiger partial charge in [-0.25, -0.2) is 9.78 Å². The van der Waals surface area contributed by atoms with Crippen LogP contribution in [0.15, 0.2) is 6.20 Å². The largest absolute Gasteiger partial charge is 0.462 e. The molecule has 2 rings (SSSR count). The van der Waals surface area contributed by atoms with Gasteiger partial charge >= 0.3 is 12.0 Å². The van der Waals surface area contributed by atoms with E-state index in [4.69, 9.17) is 15.2 Å². The number of aryl methyl sites for hydroxylation is 1. The van der Waals surface area contributed by atoms with Crippen LogP contribution in [0.2, 0.25) is 0 Å². The van der Waals surface area contributed by atoms with Crippen LogP contribution in [-0.4, -0.2) is 34.7 Å². The summed E-state index contributed by atoms with van der Waals surface area (Å²) in [4.78, 5) is 20.1. The van der Waals surface area contributed by atoms with Crippen LogP contribution in [0.4, 0.5) is 0 Å². The molecule has 6 heteroatoms. The molecule has 1 aliphatic rings. The molecule has 0 bridgehead atoms. The lowest BCUT2D eigenvalue weighted by Crippen LogP contribution is -2.38. The number of nitrogens with zero attached hydrogens (tertiary/aromatic N) is 2. The molecule has 2 N–H and O–H groups in total. The topological polar surface area (TPSA) is 87.3 Å². The van der Waals surface area contributed by atoms with Gasteiger partial charge in [-0.05, 0) is 33.1 Å². The first-order valence-electron chi connectivity index (χ1n) is 7.54. The molecule has 0 amide bonds. The Labute approximate surface area is 125 Å². The third-order valence-corrected chi connectivity index (χ3v) is 3.71. The minimum Gasteiger partial charge on any atom is -0.462 e. The van der Waals surface area contributed by atoms with Gasteiger partial charge in [-0.15, -0.1) is 0 Å². The molecule has 0 radical (unpaired) electrons. The van der Waals surface area contributed by atoms with Gasteiger partial charge in [-0.2, -0.15) is 4.98 Å². The Hall–Kier alpha value is -1.69. The second-order valence-electron chi connectivity index (χ2n) is 5.33. The maximum Gasteiger partial charge on any atom is 0.341 e. The minimum absolute atomic E-state index is 0.0149. The highest BCUT2D eigenvalue weighted by Gasteiger charge is 2.23. The van der Waals surface area contributed by atoms with Gasteiger partial charge in [0.2, 0.25) is 0 Å². The van der Waals surface area contributed by atoms with E-state index in [1.54, 1.807) is 13.8 Å². The van der Waals surface area contributed by atoms with Crippen molar-refractivity contribution in [3.05, 3.63) is 17.5 Å². The van der Waals surface area contributed by atoms with Gasteiger partial charge in [-0.3, -0.25) is 0 Å². The third kappa shape index (κ3) is 4.14. The van der Waals surface area contributed by atoms with Crippen LogP contribution in [0.3, 0.4) is 0 Å². The summed E-state index contributed by atoms with van der Waals surface area (Å²) in [6.07, 6.45) is 6.72. The molecule has 116 valence electrons. The van der Waals surface area contributed by atoms with Crippen molar-refractivity contribution < 1.29 is 14.3 Å². The fraction of sp³-hybridized carbons (Fsp3) is 0.667. The van der Waals surface area contributed by atoms with E-state index in [2.05, 4.69) is 9.97 Å². The lowest BCUT2D eigenvalue weighted by atomic mass is 10.1. The Morgan fingerprint density at radius 1 is 1.38 bits per heavy atom. The molecule has 21 heavy (non-hydrogen) atoms.